The number of likely N-dealkylation sites (tertiary alicyclic amines) is 3. The molecule has 3 saturated heterocycles. The Balaban J connectivity index is 0.000000142. The third-order valence-electron chi connectivity index (χ3n) is 20.4. The first-order valence-electron chi connectivity index (χ1n) is 36.6. The quantitative estimate of drug-likeness (QED) is 0.0588. The van der Waals surface area contributed by atoms with Gasteiger partial charge < -0.3 is 29.5 Å². The number of hydrogen-bond donors (Lipinski definition) is 3. The van der Waals surface area contributed by atoms with Crippen molar-refractivity contribution in [2.24, 2.45) is 17.8 Å². The molecular weight excluding hydrogens is 1440 g/mol. The Kier molecular flexibility index (Phi) is 24.0. The van der Waals surface area contributed by atoms with Crippen molar-refractivity contribution in [1.29, 1.82) is 0 Å². The molecule has 12 nitrogen and oxygen atoms in total. The Morgan fingerprint density at radius 2 is 0.757 bits per heavy atom. The fourth-order valence-electron chi connectivity index (χ4n) is 15.1. The molecule has 3 aromatic heterocycles. The fraction of sp³-hybridized carbons (Fsp3) is 0.292. The number of nitrogens with zero attached hydrogens (tertiary/aromatic N) is 3. The Hall–Kier alpha value is -8.94. The highest BCUT2D eigenvalue weighted by molar-refractivity contribution is 7.22. The average Bonchev–Trinajstić information content (AvgIpc) is 1.63. The van der Waals surface area contributed by atoms with Crippen LogP contribution >= 0.6 is 57.2 Å². The molecule has 9 aromatic carbocycles. The fourth-order valence-corrected chi connectivity index (χ4v) is 19.3. The van der Waals surface area contributed by atoms with E-state index in [1.54, 1.807) is 42.5 Å². The highest BCUT2D eigenvalue weighted by Gasteiger charge is 2.29. The van der Waals surface area contributed by atoms with E-state index in [1.807, 2.05) is 125 Å². The molecule has 3 aliphatic heterocycles. The third-order valence-corrected chi connectivity index (χ3v) is 24.4. The summed E-state index contributed by atoms with van der Waals surface area (Å²) in [5.41, 5.74) is 11.8. The summed E-state index contributed by atoms with van der Waals surface area (Å²) in [5, 5.41) is 33.6. The number of aromatic hydroxyl groups is 3. The molecule has 0 radical (unpaired) electrons. The van der Waals surface area contributed by atoms with Gasteiger partial charge >= 0.3 is 0 Å². The number of phenolic OH excluding ortho intramolecular Hbond substituents is 3. The standard InChI is InChI=1S/C31H33NO3S.C30H30ClNO3S.C28H25ClFNO3S/c1-19-11-12-32(18-19)13-14-35-25-8-5-23(6-9-25)29-26-10-7-24(33)17-27(26)36-31(29)30(34)28-21(3)15-20(2)16-22(28)4;1-18-10-11-32(17-18)12-13-35-24-7-4-21(5-8-24)28-25-9-6-23(33)16-26(25)36-30(28)29(34)27-19(2)14-22(31)15-20(27)3;1-17-10-11-31(16-17)12-13-34-21-6-2-18(3-7-21)26-23-9-5-20(32)15-25(23)35-28(26)27(33)22-8-4-19(30)14-24(22)29/h5-10,15-17,19,33H,11-14,18H2,1-4H3;4-9,14-16,18,33H,10-13,17H2,1-3H3;2-9,14-15,17,32H,10-13,16H2,1H3/t19-;18-;17-/m111/s1. The van der Waals surface area contributed by atoms with E-state index in [-0.39, 0.29) is 45.2 Å². The first kappa shape index (κ1) is 76.3. The van der Waals surface area contributed by atoms with Crippen LogP contribution in [0.15, 0.2) is 170 Å². The number of halogens is 3. The summed E-state index contributed by atoms with van der Waals surface area (Å²) in [5.74, 6) is 4.44. The van der Waals surface area contributed by atoms with Gasteiger partial charge in [-0.05, 0) is 252 Å². The SMILES string of the molecule is C[C@@H]1CCN(CCOc2ccc(-c3c(C(=O)c4ccc(F)cc4Cl)sc4cc(O)ccc34)cc2)C1.Cc1cc(C)c(C(=O)c2sc3cc(O)ccc3c2-c2ccc(OCCN3CC[C@@H](C)C3)cc2)c(C)c1.Cc1cc(Cl)cc(C)c1C(=O)c1sc2cc(O)ccc2c1-c1ccc(OCCN2CC[C@@H](C)C2)cc1. The molecule has 3 N–H and O–H groups in total. The van der Waals surface area contributed by atoms with Crippen molar-refractivity contribution in [3.63, 3.8) is 0 Å². The zero-order chi connectivity index (χ0) is 75.3. The van der Waals surface area contributed by atoms with Gasteiger partial charge in [0.1, 0.15) is 60.1 Å². The van der Waals surface area contributed by atoms with Crippen LogP contribution in [0.4, 0.5) is 4.39 Å². The van der Waals surface area contributed by atoms with Crippen molar-refractivity contribution in [2.45, 2.75) is 74.7 Å². The van der Waals surface area contributed by atoms with Gasteiger partial charge in [0.05, 0.1) is 19.7 Å². The number of rotatable bonds is 21. The smallest absolute Gasteiger partial charge is 0.205 e. The molecule has 552 valence electrons. The molecular formula is C89H88Cl2FN3O9S3. The first-order chi connectivity index (χ1) is 51.5. The van der Waals surface area contributed by atoms with E-state index >= 15 is 0 Å². The van der Waals surface area contributed by atoms with Gasteiger partial charge in [-0.15, -0.1) is 34.0 Å². The number of hydrogen-bond acceptors (Lipinski definition) is 15. The van der Waals surface area contributed by atoms with Crippen molar-refractivity contribution in [3.05, 3.63) is 245 Å². The Bertz CT molecular complexity index is 5000. The number of ether oxygens (including phenoxy) is 3. The molecule has 107 heavy (non-hydrogen) atoms. The molecule has 15 rings (SSSR count). The maximum absolute atomic E-state index is 13.9. The van der Waals surface area contributed by atoms with Gasteiger partial charge in [-0.2, -0.15) is 0 Å². The van der Waals surface area contributed by atoms with Gasteiger partial charge in [0, 0.05) is 108 Å². The first-order valence-corrected chi connectivity index (χ1v) is 39.8. The van der Waals surface area contributed by atoms with Crippen molar-refractivity contribution < 1.29 is 48.3 Å². The molecule has 0 amide bonds. The Labute approximate surface area is 647 Å². The lowest BCUT2D eigenvalue weighted by Gasteiger charge is -2.16. The second kappa shape index (κ2) is 33.7. The largest absolute Gasteiger partial charge is 0.508 e. The lowest BCUT2D eigenvalue weighted by atomic mass is 9.92. The molecule has 0 unspecified atom stereocenters. The Morgan fingerprint density at radius 3 is 1.07 bits per heavy atom. The molecule has 18 heteroatoms. The maximum Gasteiger partial charge on any atom is 0.205 e. The van der Waals surface area contributed by atoms with E-state index in [1.165, 1.54) is 65.4 Å². The van der Waals surface area contributed by atoms with Crippen LogP contribution in [0.5, 0.6) is 34.5 Å². The number of thiophene rings is 3. The number of ketones is 3. The summed E-state index contributed by atoms with van der Waals surface area (Å²) in [6.45, 7) is 28.3. The molecule has 6 heterocycles. The summed E-state index contributed by atoms with van der Waals surface area (Å²) in [6, 6.07) is 50.9. The van der Waals surface area contributed by atoms with E-state index in [0.717, 1.165) is 197 Å². The van der Waals surface area contributed by atoms with E-state index in [2.05, 4.69) is 54.5 Å². The topological polar surface area (TPSA) is 149 Å². The van der Waals surface area contributed by atoms with Crippen LogP contribution in [-0.4, -0.2) is 126 Å². The van der Waals surface area contributed by atoms with Gasteiger partial charge in [0.2, 0.25) is 17.3 Å². The zero-order valence-electron chi connectivity index (χ0n) is 61.5. The third kappa shape index (κ3) is 17.8. The van der Waals surface area contributed by atoms with E-state index in [9.17, 15) is 34.1 Å². The van der Waals surface area contributed by atoms with Gasteiger partial charge in [-0.25, -0.2) is 4.39 Å². The van der Waals surface area contributed by atoms with E-state index in [4.69, 9.17) is 37.4 Å². The van der Waals surface area contributed by atoms with Crippen LogP contribution < -0.4 is 14.2 Å². The molecule has 0 spiro atoms. The van der Waals surface area contributed by atoms with Crippen molar-refractivity contribution in [1.82, 2.24) is 14.7 Å². The van der Waals surface area contributed by atoms with Crippen LogP contribution in [0.3, 0.4) is 0 Å². The highest BCUT2D eigenvalue weighted by Crippen LogP contribution is 2.46. The average molecular weight is 1530 g/mol. The van der Waals surface area contributed by atoms with Gasteiger partial charge in [-0.1, -0.05) is 98.1 Å². The molecule has 0 aliphatic carbocycles. The molecule has 12 aromatic rings. The lowest BCUT2D eigenvalue weighted by Crippen LogP contribution is -2.25. The number of benzene rings is 9. The van der Waals surface area contributed by atoms with E-state index < -0.39 is 5.82 Å². The minimum absolute atomic E-state index is 0.0286. The van der Waals surface area contributed by atoms with Crippen molar-refractivity contribution >= 4 is 105 Å². The highest BCUT2D eigenvalue weighted by atomic mass is 35.5. The van der Waals surface area contributed by atoms with Crippen LogP contribution in [0.1, 0.15) is 114 Å². The number of aryl methyl sites for hydroxylation is 5. The summed E-state index contributed by atoms with van der Waals surface area (Å²) in [6.07, 6.45) is 3.77. The maximum atomic E-state index is 13.9. The second-order valence-electron chi connectivity index (χ2n) is 29.0. The number of fused-ring (bicyclic) bond motifs is 3. The summed E-state index contributed by atoms with van der Waals surface area (Å²) in [7, 11) is 0. The molecule has 3 atom stereocenters. The monoisotopic (exact) mass is 1530 g/mol. The van der Waals surface area contributed by atoms with Crippen molar-refractivity contribution in [3.8, 4) is 67.9 Å². The van der Waals surface area contributed by atoms with E-state index in [0.29, 0.717) is 45.0 Å². The van der Waals surface area contributed by atoms with Crippen LogP contribution in [0, 0.1) is 58.2 Å². The minimum atomic E-state index is -0.497. The van der Waals surface area contributed by atoms with Gasteiger partial charge in [0.25, 0.3) is 0 Å². The second-order valence-corrected chi connectivity index (χ2v) is 33.0. The van der Waals surface area contributed by atoms with Crippen LogP contribution in [0.2, 0.25) is 10.0 Å². The minimum Gasteiger partial charge on any atom is -0.508 e. The predicted molar refractivity (Wildman–Crippen MR) is 437 cm³/mol. The Morgan fingerprint density at radius 1 is 0.430 bits per heavy atom. The molecule has 3 aliphatic rings. The normalized spacial score (nSPS) is 16.1. The summed E-state index contributed by atoms with van der Waals surface area (Å²) in [4.78, 5) is 50.5. The van der Waals surface area contributed by atoms with Crippen LogP contribution in [-0.2, 0) is 0 Å². The predicted octanol–water partition coefficient (Wildman–Crippen LogP) is 21.7. The zero-order valence-corrected chi connectivity index (χ0v) is 65.5. The van der Waals surface area contributed by atoms with Gasteiger partial charge in [-0.3, -0.25) is 29.1 Å². The number of carbonyl (C=O) groups excluding carboxylic acids is 3. The molecule has 0 bridgehead atoms. The molecule has 3 fully saturated rings. The van der Waals surface area contributed by atoms with Crippen molar-refractivity contribution in [2.75, 3.05) is 78.7 Å². The van der Waals surface area contributed by atoms with Crippen LogP contribution in [0.25, 0.3) is 63.6 Å². The summed E-state index contributed by atoms with van der Waals surface area (Å²) >= 11 is 16.6. The van der Waals surface area contributed by atoms with Gasteiger partial charge in [0.15, 0.2) is 0 Å². The summed E-state index contributed by atoms with van der Waals surface area (Å²) < 4.78 is 34.1. The number of phenols is 3. The molecule has 0 saturated carbocycles. The lowest BCUT2D eigenvalue weighted by molar-refractivity contribution is 0.103. The number of carbonyl (C=O) groups is 3.